The van der Waals surface area contributed by atoms with E-state index < -0.39 is 0 Å². The predicted molar refractivity (Wildman–Crippen MR) is 74.8 cm³/mol. The van der Waals surface area contributed by atoms with E-state index >= 15 is 0 Å². The van der Waals surface area contributed by atoms with Crippen LogP contribution in [-0.2, 0) is 0 Å². The molecule has 0 aliphatic heterocycles. The molecule has 0 heterocycles. The molecule has 0 fully saturated rings. The third-order valence-electron chi connectivity index (χ3n) is 2.78. The van der Waals surface area contributed by atoms with Gasteiger partial charge < -0.3 is 11.1 Å². The molecule has 17 heavy (non-hydrogen) atoms. The molecule has 2 nitrogen and oxygen atoms in total. The maximum Gasteiger partial charge on any atom is 0.0389 e. The molecule has 0 radical (unpaired) electrons. The number of anilines is 3. The van der Waals surface area contributed by atoms with Gasteiger partial charge in [-0.25, -0.2) is 0 Å². The minimum Gasteiger partial charge on any atom is -0.399 e. The smallest absolute Gasteiger partial charge is 0.0389 e. The van der Waals surface area contributed by atoms with Gasteiger partial charge in [-0.15, -0.1) is 0 Å². The van der Waals surface area contributed by atoms with Gasteiger partial charge in [0.1, 0.15) is 0 Å². The Morgan fingerprint density at radius 2 is 1.47 bits per heavy atom. The van der Waals surface area contributed by atoms with Crippen LogP contribution in [0.4, 0.5) is 17.1 Å². The first-order chi connectivity index (χ1) is 8.04. The summed E-state index contributed by atoms with van der Waals surface area (Å²) in [5.41, 5.74) is 12.4. The molecule has 0 saturated carbocycles. The molecule has 0 aromatic heterocycles. The standard InChI is InChI=1S/C15H18N2/c1-10-6-11(2)8-14(7-10)17-13-4-5-15(16)12(3)9-13/h4-9,17H,16H2,1-3H3. The maximum absolute atomic E-state index is 5.80. The van der Waals surface area contributed by atoms with Gasteiger partial charge in [-0.05, 0) is 67.8 Å². The number of aryl methyl sites for hydroxylation is 3. The second-order valence-electron chi connectivity index (χ2n) is 4.57. The van der Waals surface area contributed by atoms with Gasteiger partial charge in [0.2, 0.25) is 0 Å². The first-order valence-corrected chi connectivity index (χ1v) is 5.76. The SMILES string of the molecule is Cc1cc(C)cc(Nc2ccc(N)c(C)c2)c1. The second-order valence-corrected chi connectivity index (χ2v) is 4.57. The van der Waals surface area contributed by atoms with Crippen LogP contribution in [0, 0.1) is 20.8 Å². The number of benzene rings is 2. The highest BCUT2D eigenvalue weighted by Crippen LogP contribution is 2.22. The van der Waals surface area contributed by atoms with Crippen LogP contribution >= 0.6 is 0 Å². The largest absolute Gasteiger partial charge is 0.399 e. The van der Waals surface area contributed by atoms with Crippen LogP contribution < -0.4 is 11.1 Å². The van der Waals surface area contributed by atoms with Gasteiger partial charge >= 0.3 is 0 Å². The molecule has 0 spiro atoms. The third-order valence-corrected chi connectivity index (χ3v) is 2.78. The van der Waals surface area contributed by atoms with Crippen LogP contribution in [0.1, 0.15) is 16.7 Å². The monoisotopic (exact) mass is 226 g/mol. The van der Waals surface area contributed by atoms with Crippen LogP contribution in [0.15, 0.2) is 36.4 Å². The Morgan fingerprint density at radius 1 is 0.824 bits per heavy atom. The summed E-state index contributed by atoms with van der Waals surface area (Å²) in [5, 5.41) is 3.40. The van der Waals surface area contributed by atoms with Crippen LogP contribution in [0.3, 0.4) is 0 Å². The molecule has 0 saturated heterocycles. The molecule has 2 rings (SSSR count). The lowest BCUT2D eigenvalue weighted by atomic mass is 10.1. The van der Waals surface area contributed by atoms with Crippen molar-refractivity contribution < 1.29 is 0 Å². The van der Waals surface area contributed by atoms with E-state index in [4.69, 9.17) is 5.73 Å². The molecular weight excluding hydrogens is 208 g/mol. The number of hydrogen-bond donors (Lipinski definition) is 2. The Balaban J connectivity index is 2.28. The zero-order valence-electron chi connectivity index (χ0n) is 10.5. The Bertz CT molecular complexity index is 524. The zero-order chi connectivity index (χ0) is 12.4. The molecule has 0 aliphatic rings. The number of nitrogens with one attached hydrogen (secondary N) is 1. The van der Waals surface area contributed by atoms with Crippen LogP contribution in [0.25, 0.3) is 0 Å². The van der Waals surface area contributed by atoms with Gasteiger partial charge in [-0.2, -0.15) is 0 Å². The van der Waals surface area contributed by atoms with Gasteiger partial charge in [0.25, 0.3) is 0 Å². The molecule has 0 unspecified atom stereocenters. The minimum atomic E-state index is 0.830. The van der Waals surface area contributed by atoms with E-state index in [2.05, 4.69) is 43.4 Å². The van der Waals surface area contributed by atoms with Gasteiger partial charge in [0, 0.05) is 17.1 Å². The summed E-state index contributed by atoms with van der Waals surface area (Å²) in [4.78, 5) is 0. The van der Waals surface area contributed by atoms with E-state index in [1.807, 2.05) is 19.1 Å². The van der Waals surface area contributed by atoms with E-state index in [1.165, 1.54) is 11.1 Å². The average Bonchev–Trinajstić information content (AvgIpc) is 2.22. The number of nitrogens with two attached hydrogens (primary N) is 1. The summed E-state index contributed by atoms with van der Waals surface area (Å²) in [5.74, 6) is 0. The lowest BCUT2D eigenvalue weighted by molar-refractivity contribution is 1.37. The predicted octanol–water partition coefficient (Wildman–Crippen LogP) is 3.94. The van der Waals surface area contributed by atoms with E-state index in [-0.39, 0.29) is 0 Å². The van der Waals surface area contributed by atoms with Crippen LogP contribution in [-0.4, -0.2) is 0 Å². The molecule has 2 aromatic rings. The second kappa shape index (κ2) is 4.50. The van der Waals surface area contributed by atoms with Crippen molar-refractivity contribution in [2.24, 2.45) is 0 Å². The molecule has 2 aromatic carbocycles. The fraction of sp³-hybridized carbons (Fsp3) is 0.200. The molecule has 0 aliphatic carbocycles. The Morgan fingerprint density at radius 3 is 2.06 bits per heavy atom. The molecule has 3 N–H and O–H groups in total. The fourth-order valence-corrected chi connectivity index (χ4v) is 1.97. The van der Waals surface area contributed by atoms with E-state index in [0.29, 0.717) is 0 Å². The fourth-order valence-electron chi connectivity index (χ4n) is 1.97. The van der Waals surface area contributed by atoms with E-state index in [1.54, 1.807) is 0 Å². The van der Waals surface area contributed by atoms with Crippen molar-refractivity contribution in [3.8, 4) is 0 Å². The molecule has 88 valence electrons. The minimum absolute atomic E-state index is 0.830. The summed E-state index contributed by atoms with van der Waals surface area (Å²) in [7, 11) is 0. The van der Waals surface area contributed by atoms with Crippen molar-refractivity contribution in [2.45, 2.75) is 20.8 Å². The van der Waals surface area contributed by atoms with Gasteiger partial charge in [-0.1, -0.05) is 6.07 Å². The highest BCUT2D eigenvalue weighted by atomic mass is 14.9. The zero-order valence-corrected chi connectivity index (χ0v) is 10.5. The average molecular weight is 226 g/mol. The number of rotatable bonds is 2. The quantitative estimate of drug-likeness (QED) is 0.761. The maximum atomic E-state index is 5.80. The van der Waals surface area contributed by atoms with Crippen molar-refractivity contribution in [1.82, 2.24) is 0 Å². The Labute approximate surface area is 102 Å². The summed E-state index contributed by atoms with van der Waals surface area (Å²) in [6.07, 6.45) is 0. The Kier molecular flexibility index (Phi) is 3.05. The van der Waals surface area contributed by atoms with Crippen molar-refractivity contribution in [3.05, 3.63) is 53.1 Å². The van der Waals surface area contributed by atoms with Gasteiger partial charge in [0.05, 0.1) is 0 Å². The van der Waals surface area contributed by atoms with Crippen LogP contribution in [0.2, 0.25) is 0 Å². The lowest BCUT2D eigenvalue weighted by Gasteiger charge is -2.10. The Hall–Kier alpha value is -1.96. The molecule has 0 atom stereocenters. The molecular formula is C15H18N2. The molecule has 0 amide bonds. The molecule has 0 bridgehead atoms. The highest BCUT2D eigenvalue weighted by Gasteiger charge is 1.99. The van der Waals surface area contributed by atoms with Crippen molar-refractivity contribution >= 4 is 17.1 Å². The van der Waals surface area contributed by atoms with Crippen LogP contribution in [0.5, 0.6) is 0 Å². The summed E-state index contributed by atoms with van der Waals surface area (Å²) in [6.45, 7) is 6.22. The van der Waals surface area contributed by atoms with Gasteiger partial charge in [0.15, 0.2) is 0 Å². The highest BCUT2D eigenvalue weighted by molar-refractivity contribution is 5.65. The van der Waals surface area contributed by atoms with Crippen molar-refractivity contribution in [1.29, 1.82) is 0 Å². The normalized spacial score (nSPS) is 10.3. The molecule has 2 heteroatoms. The summed E-state index contributed by atoms with van der Waals surface area (Å²) in [6, 6.07) is 12.4. The third kappa shape index (κ3) is 2.78. The first-order valence-electron chi connectivity index (χ1n) is 5.76. The van der Waals surface area contributed by atoms with Gasteiger partial charge in [-0.3, -0.25) is 0 Å². The topological polar surface area (TPSA) is 38.0 Å². The lowest BCUT2D eigenvalue weighted by Crippen LogP contribution is -1.94. The van der Waals surface area contributed by atoms with Crippen molar-refractivity contribution in [3.63, 3.8) is 0 Å². The summed E-state index contributed by atoms with van der Waals surface area (Å²) < 4.78 is 0. The first kappa shape index (κ1) is 11.5. The van der Waals surface area contributed by atoms with E-state index in [9.17, 15) is 0 Å². The summed E-state index contributed by atoms with van der Waals surface area (Å²) >= 11 is 0. The number of nitrogen functional groups attached to an aromatic ring is 1. The van der Waals surface area contributed by atoms with E-state index in [0.717, 1.165) is 22.6 Å². The number of hydrogen-bond acceptors (Lipinski definition) is 2. The van der Waals surface area contributed by atoms with Crippen molar-refractivity contribution in [2.75, 3.05) is 11.1 Å².